The average molecular weight is 336 g/mol. The zero-order valence-electron chi connectivity index (χ0n) is 14.7. The van der Waals surface area contributed by atoms with E-state index in [1.165, 1.54) is 14.2 Å². The Morgan fingerprint density at radius 3 is 2.62 bits per heavy atom. The van der Waals surface area contributed by atoms with E-state index in [0.29, 0.717) is 30.1 Å². The first kappa shape index (κ1) is 18.1. The van der Waals surface area contributed by atoms with Crippen LogP contribution in [0.2, 0.25) is 0 Å². The first-order chi connectivity index (χ1) is 11.3. The summed E-state index contributed by atoms with van der Waals surface area (Å²) in [7, 11) is 2.76. The summed E-state index contributed by atoms with van der Waals surface area (Å²) in [5, 5.41) is 2.83. The van der Waals surface area contributed by atoms with Crippen LogP contribution >= 0.6 is 0 Å². The number of carbonyl (C=O) groups excluding carboxylic acids is 2. The van der Waals surface area contributed by atoms with Gasteiger partial charge in [-0.05, 0) is 32.9 Å². The van der Waals surface area contributed by atoms with Gasteiger partial charge in [0.15, 0.2) is 0 Å². The molecule has 2 amide bonds. The summed E-state index contributed by atoms with van der Waals surface area (Å²) in [6, 6.07) is 4.58. The Balaban J connectivity index is 2.13. The Morgan fingerprint density at radius 2 is 2.04 bits per heavy atom. The number of hydrogen-bond donors (Lipinski definition) is 1. The van der Waals surface area contributed by atoms with E-state index in [9.17, 15) is 9.59 Å². The first-order valence-electron chi connectivity index (χ1n) is 7.76. The van der Waals surface area contributed by atoms with Gasteiger partial charge >= 0.3 is 12.0 Å². The molecule has 1 saturated heterocycles. The number of rotatable bonds is 3. The lowest BCUT2D eigenvalue weighted by atomic mass is 10.1. The van der Waals surface area contributed by atoms with Crippen LogP contribution in [0.25, 0.3) is 0 Å². The molecule has 0 unspecified atom stereocenters. The van der Waals surface area contributed by atoms with Gasteiger partial charge in [-0.15, -0.1) is 0 Å². The smallest absolute Gasteiger partial charge is 0.341 e. The number of hydrogen-bond acceptors (Lipinski definition) is 5. The van der Waals surface area contributed by atoms with Crippen molar-refractivity contribution in [2.75, 3.05) is 32.6 Å². The molecule has 1 fully saturated rings. The highest BCUT2D eigenvalue weighted by molar-refractivity contribution is 5.95. The van der Waals surface area contributed by atoms with Gasteiger partial charge in [-0.2, -0.15) is 0 Å². The van der Waals surface area contributed by atoms with Crippen molar-refractivity contribution in [1.29, 1.82) is 0 Å². The van der Waals surface area contributed by atoms with Crippen molar-refractivity contribution >= 4 is 17.7 Å². The number of amides is 2. The Bertz CT molecular complexity index is 629. The van der Waals surface area contributed by atoms with Crippen LogP contribution in [0.4, 0.5) is 10.5 Å². The van der Waals surface area contributed by atoms with Gasteiger partial charge in [0.25, 0.3) is 0 Å². The second kappa shape index (κ2) is 7.09. The lowest BCUT2D eigenvalue weighted by Gasteiger charge is -2.41. The number of morpholine rings is 1. The summed E-state index contributed by atoms with van der Waals surface area (Å²) < 4.78 is 15.7. The summed E-state index contributed by atoms with van der Waals surface area (Å²) in [6.07, 6.45) is -0.0317. The molecule has 0 spiro atoms. The largest absolute Gasteiger partial charge is 0.496 e. The number of anilines is 1. The predicted molar refractivity (Wildman–Crippen MR) is 89.6 cm³/mol. The Kier molecular flexibility index (Phi) is 5.33. The number of methoxy groups -OCH3 is 2. The maximum Gasteiger partial charge on any atom is 0.341 e. The number of ether oxygens (including phenoxy) is 3. The van der Waals surface area contributed by atoms with Gasteiger partial charge in [0, 0.05) is 18.3 Å². The summed E-state index contributed by atoms with van der Waals surface area (Å²) in [4.78, 5) is 25.9. The normalized spacial score (nSPS) is 19.5. The van der Waals surface area contributed by atoms with Crippen molar-refractivity contribution in [1.82, 2.24) is 4.90 Å². The van der Waals surface area contributed by atoms with Crippen molar-refractivity contribution in [3.05, 3.63) is 23.8 Å². The maximum absolute atomic E-state index is 12.5. The van der Waals surface area contributed by atoms with Crippen LogP contribution in [0.15, 0.2) is 18.2 Å². The second-order valence-corrected chi connectivity index (χ2v) is 6.41. The topological polar surface area (TPSA) is 77.1 Å². The lowest BCUT2D eigenvalue weighted by Crippen LogP contribution is -2.54. The van der Waals surface area contributed by atoms with Gasteiger partial charge in [-0.1, -0.05) is 0 Å². The molecule has 24 heavy (non-hydrogen) atoms. The monoisotopic (exact) mass is 336 g/mol. The third-order valence-corrected chi connectivity index (χ3v) is 3.71. The minimum Gasteiger partial charge on any atom is -0.496 e. The van der Waals surface area contributed by atoms with E-state index in [2.05, 4.69) is 5.32 Å². The van der Waals surface area contributed by atoms with Gasteiger partial charge in [-0.25, -0.2) is 9.59 Å². The predicted octanol–water partition coefficient (Wildman–Crippen LogP) is 2.51. The quantitative estimate of drug-likeness (QED) is 0.858. The average Bonchev–Trinajstić information content (AvgIpc) is 2.52. The molecule has 0 radical (unpaired) electrons. The fourth-order valence-corrected chi connectivity index (χ4v) is 2.86. The number of nitrogens with one attached hydrogen (secondary N) is 1. The van der Waals surface area contributed by atoms with Gasteiger partial charge in [-0.3, -0.25) is 0 Å². The molecule has 132 valence electrons. The molecule has 1 aliphatic rings. The fourth-order valence-electron chi connectivity index (χ4n) is 2.86. The zero-order chi connectivity index (χ0) is 17.9. The number of benzene rings is 1. The molecular formula is C17H24N2O5. The van der Waals surface area contributed by atoms with E-state index in [4.69, 9.17) is 14.2 Å². The van der Waals surface area contributed by atoms with Crippen LogP contribution < -0.4 is 10.1 Å². The van der Waals surface area contributed by atoms with E-state index in [-0.39, 0.29) is 17.7 Å². The standard InChI is InChI=1S/C17H24N2O5/c1-11-9-19(10-17(2,3)24-11)16(21)18-12-6-7-13(15(20)23-5)14(8-12)22-4/h6-8,11H,9-10H2,1-5H3,(H,18,21)/t11-/m1/s1. The van der Waals surface area contributed by atoms with E-state index in [0.717, 1.165) is 0 Å². The molecule has 0 aliphatic carbocycles. The van der Waals surface area contributed by atoms with Crippen molar-refractivity contribution in [3.8, 4) is 5.75 Å². The van der Waals surface area contributed by atoms with Gasteiger partial charge in [0.05, 0.1) is 32.5 Å². The van der Waals surface area contributed by atoms with Gasteiger partial charge < -0.3 is 24.4 Å². The first-order valence-corrected chi connectivity index (χ1v) is 7.76. The van der Waals surface area contributed by atoms with Crippen molar-refractivity contribution in [2.24, 2.45) is 0 Å². The summed E-state index contributed by atoms with van der Waals surface area (Å²) >= 11 is 0. The Hall–Kier alpha value is -2.28. The van der Waals surface area contributed by atoms with Crippen molar-refractivity contribution in [2.45, 2.75) is 32.5 Å². The summed E-state index contributed by atoms with van der Waals surface area (Å²) in [5.41, 5.74) is 0.460. The molecule has 1 aliphatic heterocycles. The molecule has 0 saturated carbocycles. The van der Waals surface area contributed by atoms with Crippen LogP contribution in [-0.4, -0.2) is 55.9 Å². The molecule has 1 aromatic rings. The number of esters is 1. The SMILES string of the molecule is COC(=O)c1ccc(NC(=O)N2C[C@@H](C)OC(C)(C)C2)cc1OC. The van der Waals surface area contributed by atoms with Crippen molar-refractivity contribution in [3.63, 3.8) is 0 Å². The molecule has 1 heterocycles. The number of urea groups is 1. The molecule has 1 N–H and O–H groups in total. The minimum atomic E-state index is -0.492. The second-order valence-electron chi connectivity index (χ2n) is 6.41. The zero-order valence-corrected chi connectivity index (χ0v) is 14.7. The minimum absolute atomic E-state index is 0.0317. The van der Waals surface area contributed by atoms with Crippen LogP contribution in [0.5, 0.6) is 5.75 Å². The molecule has 0 bridgehead atoms. The summed E-state index contributed by atoms with van der Waals surface area (Å²) in [5.74, 6) is -0.149. The van der Waals surface area contributed by atoms with Crippen molar-refractivity contribution < 1.29 is 23.8 Å². The highest BCUT2D eigenvalue weighted by Crippen LogP contribution is 2.25. The third-order valence-electron chi connectivity index (χ3n) is 3.71. The molecular weight excluding hydrogens is 312 g/mol. The lowest BCUT2D eigenvalue weighted by molar-refractivity contribution is -0.116. The van der Waals surface area contributed by atoms with E-state index in [1.54, 1.807) is 23.1 Å². The fraction of sp³-hybridized carbons (Fsp3) is 0.529. The Labute approximate surface area is 141 Å². The van der Waals surface area contributed by atoms with Crippen LogP contribution in [0.1, 0.15) is 31.1 Å². The van der Waals surface area contributed by atoms with E-state index >= 15 is 0 Å². The van der Waals surface area contributed by atoms with E-state index < -0.39 is 5.97 Å². The maximum atomic E-state index is 12.5. The van der Waals surface area contributed by atoms with Gasteiger partial charge in [0.2, 0.25) is 0 Å². The molecule has 0 aromatic heterocycles. The molecule has 2 rings (SSSR count). The molecule has 7 heteroatoms. The number of carbonyl (C=O) groups is 2. The molecule has 1 atom stereocenters. The van der Waals surface area contributed by atoms with Crippen LogP contribution in [0, 0.1) is 0 Å². The summed E-state index contributed by atoms with van der Waals surface area (Å²) in [6.45, 7) is 6.87. The molecule has 7 nitrogen and oxygen atoms in total. The highest BCUT2D eigenvalue weighted by atomic mass is 16.5. The van der Waals surface area contributed by atoms with Crippen LogP contribution in [0.3, 0.4) is 0 Å². The number of nitrogens with zero attached hydrogens (tertiary/aromatic N) is 1. The molecule has 1 aromatic carbocycles. The Morgan fingerprint density at radius 1 is 1.33 bits per heavy atom. The van der Waals surface area contributed by atoms with Crippen LogP contribution in [-0.2, 0) is 9.47 Å². The van der Waals surface area contributed by atoms with Gasteiger partial charge in [0.1, 0.15) is 11.3 Å². The highest BCUT2D eigenvalue weighted by Gasteiger charge is 2.33. The van der Waals surface area contributed by atoms with E-state index in [1.807, 2.05) is 20.8 Å². The third kappa shape index (κ3) is 4.17.